The van der Waals surface area contributed by atoms with Crippen LogP contribution in [0.2, 0.25) is 0 Å². The molecule has 2 heterocycles. The third-order valence-electron chi connectivity index (χ3n) is 2.56. The molecule has 0 spiro atoms. The van der Waals surface area contributed by atoms with Crippen molar-refractivity contribution < 1.29 is 0 Å². The third kappa shape index (κ3) is 2.41. The van der Waals surface area contributed by atoms with E-state index in [-0.39, 0.29) is 12.4 Å². The summed E-state index contributed by atoms with van der Waals surface area (Å²) in [6, 6.07) is 2.29. The maximum absolute atomic E-state index is 4.11. The van der Waals surface area contributed by atoms with Gasteiger partial charge in [0.25, 0.3) is 5.78 Å². The molecule has 5 nitrogen and oxygen atoms in total. The average molecular weight is 242 g/mol. The van der Waals surface area contributed by atoms with Crippen LogP contribution in [0.15, 0.2) is 18.6 Å². The van der Waals surface area contributed by atoms with Gasteiger partial charge in [-0.2, -0.15) is 14.6 Å². The van der Waals surface area contributed by atoms with Gasteiger partial charge in [-0.15, -0.1) is 12.4 Å². The van der Waals surface area contributed by atoms with Crippen LogP contribution < -0.4 is 5.32 Å². The van der Waals surface area contributed by atoms with Crippen LogP contribution in [0, 0.1) is 5.92 Å². The summed E-state index contributed by atoms with van der Waals surface area (Å²) in [5.41, 5.74) is 0. The van der Waals surface area contributed by atoms with Gasteiger partial charge in [0.2, 0.25) is 0 Å². The Morgan fingerprint density at radius 1 is 1.25 bits per heavy atom. The maximum atomic E-state index is 4.11. The molecule has 2 rings (SSSR count). The van der Waals surface area contributed by atoms with E-state index in [9.17, 15) is 0 Å². The fourth-order valence-corrected chi connectivity index (χ4v) is 1.25. The molecule has 0 aliphatic carbocycles. The molecule has 16 heavy (non-hydrogen) atoms. The molecule has 0 bridgehead atoms. The lowest BCUT2D eigenvalue weighted by Gasteiger charge is -2.18. The van der Waals surface area contributed by atoms with Crippen LogP contribution in [0.1, 0.15) is 20.8 Å². The number of fused-ring (bicyclic) bond motifs is 1. The lowest BCUT2D eigenvalue weighted by molar-refractivity contribution is 0.556. The van der Waals surface area contributed by atoms with Gasteiger partial charge < -0.3 is 5.32 Å². The van der Waals surface area contributed by atoms with E-state index >= 15 is 0 Å². The maximum Gasteiger partial charge on any atom is 0.254 e. The zero-order valence-corrected chi connectivity index (χ0v) is 10.4. The predicted octanol–water partition coefficient (Wildman–Crippen LogP) is 2.00. The molecule has 6 heteroatoms. The SMILES string of the molecule is CC(C)[C@@H](C)Nc1ccnc2ncnn12.Cl. The standard InChI is InChI=1S/C10H15N5.ClH/c1-7(2)8(3)14-9-4-5-11-10-12-6-13-15(9)10;/h4-8,14H,1-3H3;1H/t8-;/m1./s1. The summed E-state index contributed by atoms with van der Waals surface area (Å²) < 4.78 is 1.71. The molecule has 0 aromatic carbocycles. The topological polar surface area (TPSA) is 55.1 Å². The average Bonchev–Trinajstić information content (AvgIpc) is 2.66. The molecule has 1 atom stereocenters. The fraction of sp³-hybridized carbons (Fsp3) is 0.500. The van der Waals surface area contributed by atoms with Crippen molar-refractivity contribution >= 4 is 24.0 Å². The molecule has 2 aromatic heterocycles. The highest BCUT2D eigenvalue weighted by atomic mass is 35.5. The predicted molar refractivity (Wildman–Crippen MR) is 66.0 cm³/mol. The number of anilines is 1. The summed E-state index contributed by atoms with van der Waals surface area (Å²) in [6.07, 6.45) is 3.24. The zero-order valence-electron chi connectivity index (χ0n) is 9.58. The van der Waals surface area contributed by atoms with Gasteiger partial charge >= 0.3 is 0 Å². The Kier molecular flexibility index (Phi) is 4.06. The Bertz CT molecular complexity index is 453. The van der Waals surface area contributed by atoms with Gasteiger partial charge in [0.05, 0.1) is 0 Å². The number of rotatable bonds is 3. The number of hydrogen-bond donors (Lipinski definition) is 1. The molecule has 0 aliphatic rings. The van der Waals surface area contributed by atoms with E-state index in [1.54, 1.807) is 10.7 Å². The summed E-state index contributed by atoms with van der Waals surface area (Å²) in [6.45, 7) is 6.50. The van der Waals surface area contributed by atoms with E-state index in [0.29, 0.717) is 17.7 Å². The zero-order chi connectivity index (χ0) is 10.8. The molecule has 1 N–H and O–H groups in total. The number of nitrogens with zero attached hydrogens (tertiary/aromatic N) is 4. The van der Waals surface area contributed by atoms with E-state index in [1.165, 1.54) is 6.33 Å². The van der Waals surface area contributed by atoms with Crippen molar-refractivity contribution in [3.63, 3.8) is 0 Å². The molecule has 0 amide bonds. The highest BCUT2D eigenvalue weighted by Gasteiger charge is 2.09. The van der Waals surface area contributed by atoms with Crippen LogP contribution in [-0.4, -0.2) is 25.6 Å². The second kappa shape index (κ2) is 5.12. The van der Waals surface area contributed by atoms with Crippen molar-refractivity contribution in [1.29, 1.82) is 0 Å². The normalized spacial score (nSPS) is 12.5. The third-order valence-corrected chi connectivity index (χ3v) is 2.56. The number of halogens is 1. The lowest BCUT2D eigenvalue weighted by Crippen LogP contribution is -2.23. The molecule has 0 radical (unpaired) electrons. The highest BCUT2D eigenvalue weighted by molar-refractivity contribution is 5.85. The van der Waals surface area contributed by atoms with Crippen molar-refractivity contribution in [2.24, 2.45) is 5.92 Å². The fourth-order valence-electron chi connectivity index (χ4n) is 1.25. The van der Waals surface area contributed by atoms with E-state index in [4.69, 9.17) is 0 Å². The summed E-state index contributed by atoms with van der Waals surface area (Å²) in [5.74, 6) is 2.12. The van der Waals surface area contributed by atoms with Crippen LogP contribution in [0.25, 0.3) is 5.78 Å². The molecule has 0 fully saturated rings. The molecule has 0 saturated heterocycles. The quantitative estimate of drug-likeness (QED) is 0.893. The molecule has 0 unspecified atom stereocenters. The number of hydrogen-bond acceptors (Lipinski definition) is 4. The Hall–Kier alpha value is -1.36. The first-order valence-corrected chi connectivity index (χ1v) is 5.10. The highest BCUT2D eigenvalue weighted by Crippen LogP contribution is 2.11. The summed E-state index contributed by atoms with van der Waals surface area (Å²) >= 11 is 0. The van der Waals surface area contributed by atoms with E-state index in [1.807, 2.05) is 6.07 Å². The first-order chi connectivity index (χ1) is 7.18. The van der Waals surface area contributed by atoms with Crippen LogP contribution in [0.5, 0.6) is 0 Å². The van der Waals surface area contributed by atoms with Crippen LogP contribution >= 0.6 is 12.4 Å². The minimum Gasteiger partial charge on any atom is -0.367 e. The van der Waals surface area contributed by atoms with Gasteiger partial charge in [0, 0.05) is 12.2 Å². The first-order valence-electron chi connectivity index (χ1n) is 5.10. The smallest absolute Gasteiger partial charge is 0.254 e. The summed E-state index contributed by atoms with van der Waals surface area (Å²) in [4.78, 5) is 8.14. The summed E-state index contributed by atoms with van der Waals surface area (Å²) in [7, 11) is 0. The van der Waals surface area contributed by atoms with Crippen molar-refractivity contribution in [1.82, 2.24) is 19.6 Å². The Labute approximate surface area is 101 Å². The molecule has 88 valence electrons. The van der Waals surface area contributed by atoms with Gasteiger partial charge in [-0.3, -0.25) is 0 Å². The minimum absolute atomic E-state index is 0. The van der Waals surface area contributed by atoms with Crippen molar-refractivity contribution in [3.05, 3.63) is 18.6 Å². The largest absolute Gasteiger partial charge is 0.367 e. The molecule has 0 aliphatic heterocycles. The monoisotopic (exact) mass is 241 g/mol. The number of aromatic nitrogens is 4. The summed E-state index contributed by atoms with van der Waals surface area (Å²) in [5, 5.41) is 7.50. The van der Waals surface area contributed by atoms with Gasteiger partial charge in [-0.25, -0.2) is 4.98 Å². The van der Waals surface area contributed by atoms with Crippen LogP contribution in [0.4, 0.5) is 5.82 Å². The molecule has 2 aromatic rings. The Morgan fingerprint density at radius 2 is 2.00 bits per heavy atom. The van der Waals surface area contributed by atoms with E-state index in [2.05, 4.69) is 41.2 Å². The van der Waals surface area contributed by atoms with Gasteiger partial charge in [0.15, 0.2) is 0 Å². The second-order valence-electron chi connectivity index (χ2n) is 3.98. The lowest BCUT2D eigenvalue weighted by atomic mass is 10.1. The van der Waals surface area contributed by atoms with Gasteiger partial charge in [-0.05, 0) is 18.9 Å². The second-order valence-corrected chi connectivity index (χ2v) is 3.98. The molecular formula is C10H16ClN5. The molecular weight excluding hydrogens is 226 g/mol. The van der Waals surface area contributed by atoms with Crippen molar-refractivity contribution in [2.75, 3.05) is 5.32 Å². The van der Waals surface area contributed by atoms with Crippen LogP contribution in [-0.2, 0) is 0 Å². The first kappa shape index (κ1) is 12.7. The van der Waals surface area contributed by atoms with Gasteiger partial charge in [0.1, 0.15) is 12.1 Å². The Morgan fingerprint density at radius 3 is 2.69 bits per heavy atom. The van der Waals surface area contributed by atoms with E-state index < -0.39 is 0 Å². The van der Waals surface area contributed by atoms with E-state index in [0.717, 1.165) is 5.82 Å². The van der Waals surface area contributed by atoms with Crippen molar-refractivity contribution in [3.8, 4) is 0 Å². The number of nitrogens with one attached hydrogen (secondary N) is 1. The van der Waals surface area contributed by atoms with Crippen LogP contribution in [0.3, 0.4) is 0 Å². The Balaban J connectivity index is 0.00000128. The van der Waals surface area contributed by atoms with Crippen molar-refractivity contribution in [2.45, 2.75) is 26.8 Å². The van der Waals surface area contributed by atoms with Gasteiger partial charge in [-0.1, -0.05) is 13.8 Å². The minimum atomic E-state index is 0. The molecule has 0 saturated carbocycles.